The second-order valence-electron chi connectivity index (χ2n) is 4.03. The molecule has 1 heterocycles. The Morgan fingerprint density at radius 1 is 1.29 bits per heavy atom. The molecule has 0 spiro atoms. The van der Waals surface area contributed by atoms with E-state index in [1.165, 1.54) is 0 Å². The molecule has 0 bridgehead atoms. The average Bonchev–Trinajstić information content (AvgIpc) is 2.38. The highest BCUT2D eigenvalue weighted by Crippen LogP contribution is 2.32. The largest absolute Gasteiger partial charge is 0.497 e. The first-order valence-electron chi connectivity index (χ1n) is 5.58. The predicted molar refractivity (Wildman–Crippen MR) is 66.9 cm³/mol. The van der Waals surface area contributed by atoms with Gasteiger partial charge in [-0.3, -0.25) is 9.69 Å². The number of rotatable bonds is 2. The van der Waals surface area contributed by atoms with Gasteiger partial charge in [-0.2, -0.15) is 0 Å². The van der Waals surface area contributed by atoms with Crippen LogP contribution in [0.1, 0.15) is 13.8 Å². The summed E-state index contributed by atoms with van der Waals surface area (Å²) in [5.74, 6) is 6.84. The molecule has 0 radical (unpaired) electrons. The van der Waals surface area contributed by atoms with Crippen molar-refractivity contribution in [1.82, 2.24) is 0 Å². The first-order valence-corrected chi connectivity index (χ1v) is 5.58. The lowest BCUT2D eigenvalue weighted by atomic mass is 9.89. The minimum atomic E-state index is -0.00967. The fourth-order valence-electron chi connectivity index (χ4n) is 2.00. The maximum absolute atomic E-state index is 11.8. The first kappa shape index (κ1) is 11.5. The Kier molecular flexibility index (Phi) is 3.06. The molecule has 1 aromatic carbocycles. The minimum Gasteiger partial charge on any atom is -0.497 e. The third-order valence-corrected chi connectivity index (χ3v) is 3.02. The highest BCUT2D eigenvalue weighted by atomic mass is 16.5. The summed E-state index contributed by atoms with van der Waals surface area (Å²) in [6.07, 6.45) is 0. The zero-order valence-electron chi connectivity index (χ0n) is 10.2. The Labute approximate surface area is 101 Å². The van der Waals surface area contributed by atoms with Gasteiger partial charge in [-0.05, 0) is 31.2 Å². The molecule has 88 valence electrons. The molecular formula is C14H15NO2. The fourth-order valence-corrected chi connectivity index (χ4v) is 2.00. The monoisotopic (exact) mass is 229 g/mol. The van der Waals surface area contributed by atoms with E-state index in [1.54, 1.807) is 18.9 Å². The van der Waals surface area contributed by atoms with Gasteiger partial charge in [0.25, 0.3) is 0 Å². The Bertz CT molecular complexity index is 481. The molecule has 1 fully saturated rings. The summed E-state index contributed by atoms with van der Waals surface area (Å²) in [6.45, 7) is 3.71. The molecule has 17 heavy (non-hydrogen) atoms. The highest BCUT2D eigenvalue weighted by Gasteiger charge is 2.43. The van der Waals surface area contributed by atoms with E-state index >= 15 is 0 Å². The van der Waals surface area contributed by atoms with Crippen LogP contribution >= 0.6 is 0 Å². The van der Waals surface area contributed by atoms with Crippen molar-refractivity contribution in [2.45, 2.75) is 19.9 Å². The van der Waals surface area contributed by atoms with Crippen LogP contribution in [0.25, 0.3) is 0 Å². The van der Waals surface area contributed by atoms with Crippen molar-refractivity contribution in [3.8, 4) is 17.6 Å². The minimum absolute atomic E-state index is 0.000829. The number of β-lactam (4-membered cyclic amide) rings is 1. The quantitative estimate of drug-likeness (QED) is 0.574. The molecule has 3 nitrogen and oxygen atoms in total. The number of anilines is 1. The van der Waals surface area contributed by atoms with Gasteiger partial charge in [0.15, 0.2) is 0 Å². The number of hydrogen-bond donors (Lipinski definition) is 0. The number of benzene rings is 1. The van der Waals surface area contributed by atoms with Crippen LogP contribution in [0.15, 0.2) is 24.3 Å². The maximum atomic E-state index is 11.8. The van der Waals surface area contributed by atoms with Gasteiger partial charge >= 0.3 is 0 Å². The normalized spacial score (nSPS) is 22.5. The van der Waals surface area contributed by atoms with E-state index in [4.69, 9.17) is 4.74 Å². The summed E-state index contributed by atoms with van der Waals surface area (Å²) in [6, 6.07) is 7.46. The molecule has 1 aliphatic rings. The van der Waals surface area contributed by atoms with Gasteiger partial charge in [-0.15, -0.1) is 5.92 Å². The number of carbonyl (C=O) groups excluding carboxylic acids is 1. The molecule has 1 aliphatic heterocycles. The summed E-state index contributed by atoms with van der Waals surface area (Å²) >= 11 is 0. The van der Waals surface area contributed by atoms with Gasteiger partial charge in [0.2, 0.25) is 5.91 Å². The van der Waals surface area contributed by atoms with E-state index in [0.29, 0.717) is 0 Å². The van der Waals surface area contributed by atoms with E-state index in [2.05, 4.69) is 11.8 Å². The topological polar surface area (TPSA) is 29.5 Å². The molecule has 0 N–H and O–H groups in total. The lowest BCUT2D eigenvalue weighted by Crippen LogP contribution is -2.59. The van der Waals surface area contributed by atoms with Gasteiger partial charge in [0.05, 0.1) is 13.0 Å². The Morgan fingerprint density at radius 2 is 1.94 bits per heavy atom. The van der Waals surface area contributed by atoms with Crippen LogP contribution in [0.2, 0.25) is 0 Å². The van der Waals surface area contributed by atoms with Crippen LogP contribution < -0.4 is 9.64 Å². The smallest absolute Gasteiger partial charge is 0.234 e. The van der Waals surface area contributed by atoms with E-state index in [0.717, 1.165) is 11.4 Å². The maximum Gasteiger partial charge on any atom is 0.234 e. The number of nitrogens with zero attached hydrogens (tertiary/aromatic N) is 1. The molecule has 0 aliphatic carbocycles. The number of amides is 1. The van der Waals surface area contributed by atoms with E-state index in [-0.39, 0.29) is 17.9 Å². The van der Waals surface area contributed by atoms with Gasteiger partial charge in [0.1, 0.15) is 11.8 Å². The molecule has 0 aromatic heterocycles. The summed E-state index contributed by atoms with van der Waals surface area (Å²) in [5, 5.41) is 0. The summed E-state index contributed by atoms with van der Waals surface area (Å²) in [5.41, 5.74) is 0.877. The number of ether oxygens (including phenoxy) is 1. The van der Waals surface area contributed by atoms with Crippen molar-refractivity contribution in [2.24, 2.45) is 5.92 Å². The molecule has 1 saturated heterocycles. The van der Waals surface area contributed by atoms with E-state index in [1.807, 2.05) is 31.2 Å². The van der Waals surface area contributed by atoms with Crippen LogP contribution in [-0.4, -0.2) is 19.1 Å². The Morgan fingerprint density at radius 3 is 2.47 bits per heavy atom. The summed E-state index contributed by atoms with van der Waals surface area (Å²) in [7, 11) is 1.62. The van der Waals surface area contributed by atoms with Crippen LogP contribution in [0.5, 0.6) is 5.75 Å². The van der Waals surface area contributed by atoms with Gasteiger partial charge in [-0.25, -0.2) is 0 Å². The van der Waals surface area contributed by atoms with E-state index in [9.17, 15) is 4.79 Å². The predicted octanol–water partition coefficient (Wildman–Crippen LogP) is 2.07. The second kappa shape index (κ2) is 4.50. The summed E-state index contributed by atoms with van der Waals surface area (Å²) in [4.78, 5) is 13.6. The first-order chi connectivity index (χ1) is 8.19. The molecule has 1 aromatic rings. The third-order valence-electron chi connectivity index (χ3n) is 3.02. The number of hydrogen-bond acceptors (Lipinski definition) is 2. The van der Waals surface area contributed by atoms with E-state index < -0.39 is 0 Å². The summed E-state index contributed by atoms with van der Waals surface area (Å²) < 4.78 is 5.09. The molecule has 2 rings (SSSR count). The molecule has 0 saturated carbocycles. The SMILES string of the molecule is CC#C[C@@H]1[C@H](C)C(=O)N1c1ccc(OC)cc1. The van der Waals surface area contributed by atoms with Crippen molar-refractivity contribution >= 4 is 11.6 Å². The van der Waals surface area contributed by atoms with Crippen LogP contribution in [0.4, 0.5) is 5.69 Å². The van der Waals surface area contributed by atoms with Crippen molar-refractivity contribution in [3.05, 3.63) is 24.3 Å². The van der Waals surface area contributed by atoms with Crippen LogP contribution in [0, 0.1) is 17.8 Å². The van der Waals surface area contributed by atoms with Gasteiger partial charge < -0.3 is 4.74 Å². The molecule has 0 unspecified atom stereocenters. The highest BCUT2D eigenvalue weighted by molar-refractivity contribution is 6.03. The molecule has 1 amide bonds. The standard InChI is InChI=1S/C14H15NO2/c1-4-5-13-10(2)14(16)15(13)11-6-8-12(17-3)9-7-11/h6-10,13H,1-3H3/t10-,13+/m0/s1. The van der Waals surface area contributed by atoms with Gasteiger partial charge in [0, 0.05) is 5.69 Å². The fraction of sp³-hybridized carbons (Fsp3) is 0.357. The van der Waals surface area contributed by atoms with Crippen LogP contribution in [-0.2, 0) is 4.79 Å². The lowest BCUT2D eigenvalue weighted by molar-refractivity contribution is -0.128. The Balaban J connectivity index is 2.25. The average molecular weight is 229 g/mol. The molecule has 2 atom stereocenters. The molecular weight excluding hydrogens is 214 g/mol. The number of methoxy groups -OCH3 is 1. The van der Waals surface area contributed by atoms with Crippen LogP contribution in [0.3, 0.4) is 0 Å². The van der Waals surface area contributed by atoms with Crippen molar-refractivity contribution in [1.29, 1.82) is 0 Å². The van der Waals surface area contributed by atoms with Crippen molar-refractivity contribution < 1.29 is 9.53 Å². The van der Waals surface area contributed by atoms with Gasteiger partial charge in [-0.1, -0.05) is 12.8 Å². The Hall–Kier alpha value is -1.95. The van der Waals surface area contributed by atoms with Crippen molar-refractivity contribution in [2.75, 3.05) is 12.0 Å². The zero-order valence-corrected chi connectivity index (χ0v) is 10.2. The number of carbonyl (C=O) groups is 1. The molecule has 3 heteroatoms. The van der Waals surface area contributed by atoms with Crippen molar-refractivity contribution in [3.63, 3.8) is 0 Å². The second-order valence-corrected chi connectivity index (χ2v) is 4.03. The lowest BCUT2D eigenvalue weighted by Gasteiger charge is -2.42. The zero-order chi connectivity index (χ0) is 12.4. The third kappa shape index (κ3) is 1.87.